The minimum absolute atomic E-state index is 0.152. The van der Waals surface area contributed by atoms with Crippen LogP contribution < -0.4 is 4.74 Å². The Balaban J connectivity index is 2.21. The molecule has 0 fully saturated rings. The van der Waals surface area contributed by atoms with E-state index < -0.39 is 5.97 Å². The lowest BCUT2D eigenvalue weighted by atomic mass is 10.0. The zero-order valence-corrected chi connectivity index (χ0v) is 13.0. The van der Waals surface area contributed by atoms with Gasteiger partial charge >= 0.3 is 5.97 Å². The molecule has 0 spiro atoms. The number of ketones is 1. The number of carbonyl (C=O) groups excluding carboxylic acids is 2. The van der Waals surface area contributed by atoms with E-state index in [1.807, 2.05) is 0 Å². The Labute approximate surface area is 133 Å². The van der Waals surface area contributed by atoms with Gasteiger partial charge in [0.25, 0.3) is 0 Å². The Hall–Kier alpha value is -2.69. The largest absolute Gasteiger partial charge is 0.489 e. The highest BCUT2D eigenvalue weighted by Crippen LogP contribution is 2.21. The lowest BCUT2D eigenvalue weighted by Crippen LogP contribution is -2.11. The summed E-state index contributed by atoms with van der Waals surface area (Å²) in [6, 6.07) is 10.6. The van der Waals surface area contributed by atoms with Gasteiger partial charge in [-0.2, -0.15) is 0 Å². The first-order chi connectivity index (χ1) is 11.0. The maximum atomic E-state index is 13.1. The molecule has 0 saturated heterocycles. The van der Waals surface area contributed by atoms with Crippen molar-refractivity contribution in [2.75, 3.05) is 6.61 Å². The van der Waals surface area contributed by atoms with Crippen molar-refractivity contribution in [1.82, 2.24) is 0 Å². The molecule has 0 aliphatic rings. The van der Waals surface area contributed by atoms with Crippen LogP contribution in [0.4, 0.5) is 4.39 Å². The summed E-state index contributed by atoms with van der Waals surface area (Å²) in [5, 5.41) is 0. The number of rotatable bonds is 6. The molecule has 0 saturated carbocycles. The third-order valence-corrected chi connectivity index (χ3v) is 3.16. The van der Waals surface area contributed by atoms with E-state index in [1.54, 1.807) is 25.1 Å². The Bertz CT molecular complexity index is 725. The molecule has 4 nitrogen and oxygen atoms in total. The van der Waals surface area contributed by atoms with E-state index in [2.05, 4.69) is 0 Å². The van der Waals surface area contributed by atoms with Crippen LogP contribution in [-0.4, -0.2) is 18.4 Å². The van der Waals surface area contributed by atoms with Crippen molar-refractivity contribution in [2.45, 2.75) is 20.5 Å². The normalized spacial score (nSPS) is 10.2. The maximum absolute atomic E-state index is 13.1. The summed E-state index contributed by atoms with van der Waals surface area (Å²) < 4.78 is 23.7. The number of ether oxygens (including phenoxy) is 2. The Morgan fingerprint density at radius 3 is 2.52 bits per heavy atom. The molecule has 0 aromatic heterocycles. The first kappa shape index (κ1) is 16.7. The predicted molar refractivity (Wildman–Crippen MR) is 83.1 cm³/mol. The number of halogens is 1. The van der Waals surface area contributed by atoms with E-state index in [4.69, 9.17) is 9.47 Å². The van der Waals surface area contributed by atoms with Crippen molar-refractivity contribution in [3.8, 4) is 5.75 Å². The first-order valence-corrected chi connectivity index (χ1v) is 7.20. The van der Waals surface area contributed by atoms with Crippen LogP contribution in [0.2, 0.25) is 0 Å². The lowest BCUT2D eigenvalue weighted by molar-refractivity contribution is 0.0522. The van der Waals surface area contributed by atoms with Crippen molar-refractivity contribution in [2.24, 2.45) is 0 Å². The standard InChI is InChI=1S/C18H17FO4/c1-3-22-18(21)17-10-15(7-8-16(17)12(2)20)23-11-13-5-4-6-14(19)9-13/h4-10H,3,11H2,1-2H3. The molecular formula is C18H17FO4. The van der Waals surface area contributed by atoms with Crippen LogP contribution in [-0.2, 0) is 11.3 Å². The molecule has 0 radical (unpaired) electrons. The quantitative estimate of drug-likeness (QED) is 0.601. The first-order valence-electron chi connectivity index (χ1n) is 7.20. The molecule has 0 N–H and O–H groups in total. The van der Waals surface area contributed by atoms with Crippen LogP contribution in [0.3, 0.4) is 0 Å². The van der Waals surface area contributed by atoms with Gasteiger partial charge in [-0.1, -0.05) is 12.1 Å². The van der Waals surface area contributed by atoms with Gasteiger partial charge in [0.05, 0.1) is 12.2 Å². The molecule has 2 aromatic rings. The van der Waals surface area contributed by atoms with Gasteiger partial charge in [-0.15, -0.1) is 0 Å². The monoisotopic (exact) mass is 316 g/mol. The topological polar surface area (TPSA) is 52.6 Å². The highest BCUT2D eigenvalue weighted by molar-refractivity contribution is 6.05. The van der Waals surface area contributed by atoms with Crippen molar-refractivity contribution < 1.29 is 23.5 Å². The van der Waals surface area contributed by atoms with Gasteiger partial charge < -0.3 is 9.47 Å². The van der Waals surface area contributed by atoms with Crippen molar-refractivity contribution in [3.05, 3.63) is 65.0 Å². The van der Waals surface area contributed by atoms with E-state index in [1.165, 1.54) is 31.2 Å². The molecule has 0 amide bonds. The smallest absolute Gasteiger partial charge is 0.338 e. The maximum Gasteiger partial charge on any atom is 0.338 e. The molecule has 5 heteroatoms. The summed E-state index contributed by atoms with van der Waals surface area (Å²) >= 11 is 0. The fourth-order valence-corrected chi connectivity index (χ4v) is 2.09. The van der Waals surface area contributed by atoms with Gasteiger partial charge in [-0.25, -0.2) is 9.18 Å². The lowest BCUT2D eigenvalue weighted by Gasteiger charge is -2.11. The zero-order chi connectivity index (χ0) is 16.8. The fourth-order valence-electron chi connectivity index (χ4n) is 2.09. The summed E-state index contributed by atoms with van der Waals surface area (Å²) in [7, 11) is 0. The number of hydrogen-bond acceptors (Lipinski definition) is 4. The van der Waals surface area contributed by atoms with Crippen LogP contribution in [0, 0.1) is 5.82 Å². The minimum atomic E-state index is -0.575. The van der Waals surface area contributed by atoms with E-state index >= 15 is 0 Å². The van der Waals surface area contributed by atoms with Crippen molar-refractivity contribution >= 4 is 11.8 Å². The summed E-state index contributed by atoms with van der Waals surface area (Å²) in [6.45, 7) is 3.44. The third-order valence-electron chi connectivity index (χ3n) is 3.16. The predicted octanol–water partition coefficient (Wildman–Crippen LogP) is 3.78. The Morgan fingerprint density at radius 1 is 1.09 bits per heavy atom. The SMILES string of the molecule is CCOC(=O)c1cc(OCc2cccc(F)c2)ccc1C(C)=O. The number of esters is 1. The zero-order valence-electron chi connectivity index (χ0n) is 13.0. The highest BCUT2D eigenvalue weighted by atomic mass is 19.1. The second-order valence-corrected chi connectivity index (χ2v) is 4.90. The van der Waals surface area contributed by atoms with Gasteiger partial charge in [0.2, 0.25) is 0 Å². The number of benzene rings is 2. The molecule has 2 aromatic carbocycles. The average Bonchev–Trinajstić information content (AvgIpc) is 2.53. The molecule has 0 heterocycles. The van der Waals surface area contributed by atoms with Crippen LogP contribution >= 0.6 is 0 Å². The van der Waals surface area contributed by atoms with E-state index in [9.17, 15) is 14.0 Å². The van der Waals surface area contributed by atoms with Crippen LogP contribution in [0.15, 0.2) is 42.5 Å². The van der Waals surface area contributed by atoms with Gasteiger partial charge in [0.15, 0.2) is 5.78 Å². The molecule has 120 valence electrons. The summed E-state index contributed by atoms with van der Waals surface area (Å²) in [5.41, 5.74) is 1.11. The average molecular weight is 316 g/mol. The Kier molecular flexibility index (Phi) is 5.46. The van der Waals surface area contributed by atoms with Gasteiger partial charge in [-0.3, -0.25) is 4.79 Å². The van der Waals surface area contributed by atoms with Gasteiger partial charge in [-0.05, 0) is 49.7 Å². The molecule has 0 bridgehead atoms. The van der Waals surface area contributed by atoms with Crippen molar-refractivity contribution in [1.29, 1.82) is 0 Å². The molecule has 0 aliphatic heterocycles. The van der Waals surface area contributed by atoms with E-state index in [0.717, 1.165) is 0 Å². The summed E-state index contributed by atoms with van der Waals surface area (Å²) in [6.07, 6.45) is 0. The Morgan fingerprint density at radius 2 is 1.87 bits per heavy atom. The molecule has 23 heavy (non-hydrogen) atoms. The van der Waals surface area contributed by atoms with Crippen molar-refractivity contribution in [3.63, 3.8) is 0 Å². The molecule has 0 aliphatic carbocycles. The number of hydrogen-bond donors (Lipinski definition) is 0. The molecular weight excluding hydrogens is 299 g/mol. The minimum Gasteiger partial charge on any atom is -0.489 e. The van der Waals surface area contributed by atoms with Crippen LogP contribution in [0.25, 0.3) is 0 Å². The second-order valence-electron chi connectivity index (χ2n) is 4.90. The van der Waals surface area contributed by atoms with Gasteiger partial charge in [0.1, 0.15) is 18.2 Å². The molecule has 2 rings (SSSR count). The van der Waals surface area contributed by atoms with Crippen LogP contribution in [0.5, 0.6) is 5.75 Å². The van der Waals surface area contributed by atoms with Crippen LogP contribution in [0.1, 0.15) is 40.1 Å². The second kappa shape index (κ2) is 7.54. The molecule has 0 atom stereocenters. The van der Waals surface area contributed by atoms with E-state index in [0.29, 0.717) is 11.3 Å². The van der Waals surface area contributed by atoms with E-state index in [-0.39, 0.29) is 35.9 Å². The summed E-state index contributed by atoms with van der Waals surface area (Å²) in [5.74, 6) is -0.744. The third kappa shape index (κ3) is 4.39. The highest BCUT2D eigenvalue weighted by Gasteiger charge is 2.16. The molecule has 0 unspecified atom stereocenters. The summed E-state index contributed by atoms with van der Waals surface area (Å²) in [4.78, 5) is 23.6. The number of Topliss-reactive ketones (excluding diaryl/α,β-unsaturated/α-hetero) is 1. The van der Waals surface area contributed by atoms with Gasteiger partial charge in [0, 0.05) is 5.56 Å². The number of carbonyl (C=O) groups is 2. The fraction of sp³-hybridized carbons (Fsp3) is 0.222.